The molecular formula is C9H13BrN2OS. The lowest BCUT2D eigenvalue weighted by Crippen LogP contribution is -2.20. The predicted molar refractivity (Wildman–Crippen MR) is 61.9 cm³/mol. The van der Waals surface area contributed by atoms with Gasteiger partial charge < -0.3 is 0 Å². The number of benzene rings is 1. The van der Waals surface area contributed by atoms with Crippen molar-refractivity contribution in [2.45, 2.75) is 10.2 Å². The van der Waals surface area contributed by atoms with Crippen molar-refractivity contribution < 1.29 is 4.21 Å². The lowest BCUT2D eigenvalue weighted by atomic mass is 10.2. The Hall–Kier alpha value is -0.390. The van der Waals surface area contributed by atoms with E-state index < -0.39 is 9.92 Å². The van der Waals surface area contributed by atoms with Crippen molar-refractivity contribution in [1.82, 2.24) is 4.31 Å². The predicted octanol–water partition coefficient (Wildman–Crippen LogP) is 2.46. The van der Waals surface area contributed by atoms with E-state index in [9.17, 15) is 4.21 Å². The van der Waals surface area contributed by atoms with Gasteiger partial charge in [-0.1, -0.05) is 28.1 Å². The van der Waals surface area contributed by atoms with Gasteiger partial charge in [0.1, 0.15) is 9.92 Å². The summed E-state index contributed by atoms with van der Waals surface area (Å²) in [7, 11) is 0.509. The van der Waals surface area contributed by atoms with Gasteiger partial charge in [0.2, 0.25) is 0 Å². The second kappa shape index (κ2) is 4.42. The van der Waals surface area contributed by atoms with E-state index in [-0.39, 0.29) is 0 Å². The third kappa shape index (κ3) is 2.34. The van der Waals surface area contributed by atoms with Crippen LogP contribution in [-0.4, -0.2) is 22.6 Å². The first-order valence-corrected chi connectivity index (χ1v) is 6.73. The zero-order valence-electron chi connectivity index (χ0n) is 8.16. The molecule has 0 aliphatic carbocycles. The summed E-state index contributed by atoms with van der Waals surface area (Å²) in [6.07, 6.45) is 0. The molecule has 1 rings (SSSR count). The first-order chi connectivity index (χ1) is 6.48. The summed E-state index contributed by atoms with van der Waals surface area (Å²) in [4.78, 5) is 0.548. The summed E-state index contributed by atoms with van der Waals surface area (Å²) in [6.45, 7) is 0. The molecule has 0 saturated heterocycles. The molecule has 78 valence electrons. The molecule has 0 aromatic heterocycles. The van der Waals surface area contributed by atoms with Gasteiger partial charge in [0.25, 0.3) is 0 Å². The number of halogens is 1. The molecule has 0 fully saturated rings. The van der Waals surface area contributed by atoms with Crippen LogP contribution >= 0.6 is 15.9 Å². The molecule has 1 aromatic rings. The lowest BCUT2D eigenvalue weighted by Gasteiger charge is -2.14. The maximum Gasteiger partial charge on any atom is 0.136 e. The second-order valence-electron chi connectivity index (χ2n) is 3.12. The fourth-order valence-corrected chi connectivity index (χ4v) is 2.27. The highest BCUT2D eigenvalue weighted by Crippen LogP contribution is 2.15. The number of rotatable bonds is 3. The summed E-state index contributed by atoms with van der Waals surface area (Å²) in [5.74, 6) is 0. The number of alkyl halides is 1. The fourth-order valence-electron chi connectivity index (χ4n) is 0.974. The smallest absolute Gasteiger partial charge is 0.136 e. The zero-order valence-corrected chi connectivity index (χ0v) is 10.6. The van der Waals surface area contributed by atoms with Crippen molar-refractivity contribution in [2.75, 3.05) is 14.1 Å². The molecule has 0 radical (unpaired) electrons. The zero-order chi connectivity index (χ0) is 10.8. The van der Waals surface area contributed by atoms with Crippen LogP contribution in [0.5, 0.6) is 0 Å². The third-order valence-electron chi connectivity index (χ3n) is 1.91. The number of hydrogen-bond donors (Lipinski definition) is 1. The van der Waals surface area contributed by atoms with E-state index in [2.05, 4.69) is 15.9 Å². The second-order valence-corrected chi connectivity index (χ2v) is 5.93. The van der Waals surface area contributed by atoms with Crippen molar-refractivity contribution in [3.63, 3.8) is 0 Å². The standard InChI is InChI=1S/C9H13BrN2OS/c1-12(2)14(11,13)9-5-3-8(7-10)4-6-9/h3-6,11H,7H2,1-2H3. The molecule has 5 heteroatoms. The maximum atomic E-state index is 11.9. The molecule has 0 spiro atoms. The highest BCUT2D eigenvalue weighted by atomic mass is 79.9. The molecule has 3 nitrogen and oxygen atoms in total. The summed E-state index contributed by atoms with van der Waals surface area (Å²) >= 11 is 3.33. The van der Waals surface area contributed by atoms with E-state index in [1.807, 2.05) is 12.1 Å². The van der Waals surface area contributed by atoms with Crippen molar-refractivity contribution in [2.24, 2.45) is 0 Å². The van der Waals surface area contributed by atoms with Crippen LogP contribution in [-0.2, 0) is 15.2 Å². The van der Waals surface area contributed by atoms with Gasteiger partial charge in [-0.15, -0.1) is 0 Å². The number of nitrogens with one attached hydrogen (secondary N) is 1. The van der Waals surface area contributed by atoms with Crippen molar-refractivity contribution in [3.8, 4) is 0 Å². The topological polar surface area (TPSA) is 44.2 Å². The Labute approximate surface area is 93.4 Å². The SMILES string of the molecule is CN(C)S(=N)(=O)c1ccc(CBr)cc1. The number of hydrogen-bond acceptors (Lipinski definition) is 2. The first-order valence-electron chi connectivity index (χ1n) is 4.09. The largest absolute Gasteiger partial charge is 0.236 e. The summed E-state index contributed by atoms with van der Waals surface area (Å²) in [5, 5.41) is 0.772. The number of nitrogens with zero attached hydrogens (tertiary/aromatic N) is 1. The Kier molecular flexibility index (Phi) is 3.69. The van der Waals surface area contributed by atoms with E-state index in [0.29, 0.717) is 4.90 Å². The van der Waals surface area contributed by atoms with Crippen molar-refractivity contribution >= 4 is 25.8 Å². The van der Waals surface area contributed by atoms with Crippen LogP contribution in [0.25, 0.3) is 0 Å². The molecule has 0 aliphatic rings. The lowest BCUT2D eigenvalue weighted by molar-refractivity contribution is 0.589. The molecule has 1 atom stereocenters. The van der Waals surface area contributed by atoms with Crippen LogP contribution in [0.4, 0.5) is 0 Å². The summed E-state index contributed by atoms with van der Waals surface area (Å²) < 4.78 is 21.0. The molecule has 1 N–H and O–H groups in total. The molecule has 0 amide bonds. The monoisotopic (exact) mass is 276 g/mol. The van der Waals surface area contributed by atoms with Gasteiger partial charge >= 0.3 is 0 Å². The van der Waals surface area contributed by atoms with Crippen molar-refractivity contribution in [1.29, 1.82) is 4.78 Å². The summed E-state index contributed by atoms with van der Waals surface area (Å²) in [6, 6.07) is 7.24. The van der Waals surface area contributed by atoms with Crippen LogP contribution in [0, 0.1) is 4.78 Å². The van der Waals surface area contributed by atoms with Crippen LogP contribution in [0.1, 0.15) is 5.56 Å². The molecule has 1 unspecified atom stereocenters. The Morgan fingerprint density at radius 3 is 2.21 bits per heavy atom. The van der Waals surface area contributed by atoms with Crippen molar-refractivity contribution in [3.05, 3.63) is 29.8 Å². The normalized spacial score (nSPS) is 15.4. The molecule has 0 heterocycles. The molecule has 1 aromatic carbocycles. The van der Waals surface area contributed by atoms with Crippen LogP contribution in [0.3, 0.4) is 0 Å². The van der Waals surface area contributed by atoms with Gasteiger partial charge in [0.15, 0.2) is 0 Å². The van der Waals surface area contributed by atoms with E-state index in [1.165, 1.54) is 4.31 Å². The minimum absolute atomic E-state index is 0.548. The van der Waals surface area contributed by atoms with Crippen LogP contribution in [0.2, 0.25) is 0 Å². The van der Waals surface area contributed by atoms with Gasteiger partial charge in [0.05, 0.1) is 4.90 Å². The average Bonchev–Trinajstić information content (AvgIpc) is 2.17. The van der Waals surface area contributed by atoms with Crippen LogP contribution < -0.4 is 0 Å². The molecule has 14 heavy (non-hydrogen) atoms. The molecule has 0 saturated carbocycles. The van der Waals surface area contributed by atoms with E-state index >= 15 is 0 Å². The minimum Gasteiger partial charge on any atom is -0.236 e. The summed E-state index contributed by atoms with van der Waals surface area (Å²) in [5.41, 5.74) is 1.11. The maximum absolute atomic E-state index is 11.9. The highest BCUT2D eigenvalue weighted by molar-refractivity contribution is 9.08. The van der Waals surface area contributed by atoms with E-state index in [1.54, 1.807) is 26.2 Å². The fraction of sp³-hybridized carbons (Fsp3) is 0.333. The molecular weight excluding hydrogens is 264 g/mol. The quantitative estimate of drug-likeness (QED) is 0.847. The molecule has 0 aliphatic heterocycles. The van der Waals surface area contributed by atoms with Gasteiger partial charge in [-0.25, -0.2) is 13.3 Å². The van der Waals surface area contributed by atoms with Gasteiger partial charge in [0, 0.05) is 19.4 Å². The van der Waals surface area contributed by atoms with E-state index in [0.717, 1.165) is 10.9 Å². The average molecular weight is 277 g/mol. The third-order valence-corrected chi connectivity index (χ3v) is 4.50. The Morgan fingerprint density at radius 2 is 1.86 bits per heavy atom. The minimum atomic E-state index is -2.78. The van der Waals surface area contributed by atoms with Gasteiger partial charge in [-0.3, -0.25) is 0 Å². The van der Waals surface area contributed by atoms with Gasteiger partial charge in [-0.05, 0) is 17.7 Å². The van der Waals surface area contributed by atoms with Gasteiger partial charge in [-0.2, -0.15) is 0 Å². The Bertz CT molecular complexity index is 397. The van der Waals surface area contributed by atoms with Crippen LogP contribution in [0.15, 0.2) is 29.2 Å². The Morgan fingerprint density at radius 1 is 1.36 bits per heavy atom. The van der Waals surface area contributed by atoms with E-state index in [4.69, 9.17) is 4.78 Å². The Balaban J connectivity index is 3.10. The first kappa shape index (κ1) is 11.7. The molecule has 0 bridgehead atoms. The highest BCUT2D eigenvalue weighted by Gasteiger charge is 2.11.